The second-order valence-electron chi connectivity index (χ2n) is 7.89. The van der Waals surface area contributed by atoms with E-state index in [4.69, 9.17) is 4.74 Å². The molecule has 162 valence electrons. The smallest absolute Gasteiger partial charge is 0.282 e. The number of rotatable bonds is 6. The van der Waals surface area contributed by atoms with E-state index in [2.05, 4.69) is 5.32 Å². The first-order chi connectivity index (χ1) is 15.4. The molecule has 1 aliphatic rings. The Morgan fingerprint density at radius 3 is 2.25 bits per heavy atom. The Kier molecular flexibility index (Phi) is 5.82. The van der Waals surface area contributed by atoms with Crippen LogP contribution in [0.5, 0.6) is 5.75 Å². The van der Waals surface area contributed by atoms with Crippen molar-refractivity contribution < 1.29 is 14.3 Å². The lowest BCUT2D eigenvalue weighted by Crippen LogP contribution is -2.32. The summed E-state index contributed by atoms with van der Waals surface area (Å²) < 4.78 is 5.70. The molecule has 5 nitrogen and oxygen atoms in total. The molecule has 3 aromatic carbocycles. The van der Waals surface area contributed by atoms with E-state index in [1.165, 1.54) is 4.90 Å². The zero-order valence-corrected chi connectivity index (χ0v) is 18.7. The van der Waals surface area contributed by atoms with Crippen LogP contribution < -0.4 is 15.0 Å². The third kappa shape index (κ3) is 3.89. The molecule has 0 saturated heterocycles. The van der Waals surface area contributed by atoms with Gasteiger partial charge in [0.05, 0.1) is 17.9 Å². The highest BCUT2D eigenvalue weighted by molar-refractivity contribution is 6.46. The number of nitrogens with zero attached hydrogens (tertiary/aromatic N) is 1. The fraction of sp³-hybridized carbons (Fsp3) is 0.185. The van der Waals surface area contributed by atoms with Crippen LogP contribution in [-0.2, 0) is 9.59 Å². The first kappa shape index (κ1) is 21.4. The summed E-state index contributed by atoms with van der Waals surface area (Å²) in [6.07, 6.45) is 0. The molecule has 4 rings (SSSR count). The Morgan fingerprint density at radius 1 is 0.844 bits per heavy atom. The number of imide groups is 1. The van der Waals surface area contributed by atoms with Gasteiger partial charge in [-0.3, -0.25) is 9.59 Å². The van der Waals surface area contributed by atoms with Gasteiger partial charge in [-0.1, -0.05) is 48.0 Å². The van der Waals surface area contributed by atoms with E-state index in [0.29, 0.717) is 29.2 Å². The summed E-state index contributed by atoms with van der Waals surface area (Å²) in [6, 6.07) is 20.6. The molecule has 0 aromatic heterocycles. The average molecular weight is 427 g/mol. The second kappa shape index (κ2) is 8.71. The van der Waals surface area contributed by atoms with E-state index < -0.39 is 5.91 Å². The van der Waals surface area contributed by atoms with Crippen molar-refractivity contribution in [2.45, 2.75) is 27.7 Å². The van der Waals surface area contributed by atoms with Gasteiger partial charge in [-0.15, -0.1) is 0 Å². The fourth-order valence-corrected chi connectivity index (χ4v) is 3.73. The van der Waals surface area contributed by atoms with Crippen LogP contribution in [0.3, 0.4) is 0 Å². The molecule has 32 heavy (non-hydrogen) atoms. The van der Waals surface area contributed by atoms with Crippen molar-refractivity contribution in [3.63, 3.8) is 0 Å². The molecule has 2 amide bonds. The van der Waals surface area contributed by atoms with Crippen molar-refractivity contribution in [3.8, 4) is 5.75 Å². The van der Waals surface area contributed by atoms with Crippen molar-refractivity contribution >= 4 is 28.8 Å². The van der Waals surface area contributed by atoms with E-state index in [0.717, 1.165) is 22.4 Å². The number of benzene rings is 3. The molecule has 1 aliphatic heterocycles. The van der Waals surface area contributed by atoms with Crippen LogP contribution in [0.15, 0.2) is 72.4 Å². The number of carbonyl (C=O) groups is 2. The Morgan fingerprint density at radius 2 is 1.56 bits per heavy atom. The molecule has 0 aliphatic carbocycles. The Labute approximate surface area is 188 Å². The Bertz CT molecular complexity index is 1230. The Balaban J connectivity index is 1.85. The number of aryl methyl sites for hydroxylation is 3. The van der Waals surface area contributed by atoms with Gasteiger partial charge in [0.15, 0.2) is 0 Å². The summed E-state index contributed by atoms with van der Waals surface area (Å²) in [4.78, 5) is 28.5. The number of anilines is 2. The fourth-order valence-electron chi connectivity index (χ4n) is 3.73. The number of hydrogen-bond donors (Lipinski definition) is 1. The number of amides is 2. The molecular formula is C27H26N2O3. The van der Waals surface area contributed by atoms with Crippen molar-refractivity contribution in [2.75, 3.05) is 16.8 Å². The van der Waals surface area contributed by atoms with E-state index in [1.807, 2.05) is 76.2 Å². The summed E-state index contributed by atoms with van der Waals surface area (Å²) in [6.45, 7) is 8.31. The minimum atomic E-state index is -0.407. The molecule has 0 unspecified atom stereocenters. The zero-order valence-electron chi connectivity index (χ0n) is 18.7. The van der Waals surface area contributed by atoms with E-state index >= 15 is 0 Å². The third-order valence-electron chi connectivity index (χ3n) is 5.61. The van der Waals surface area contributed by atoms with Gasteiger partial charge >= 0.3 is 0 Å². The molecule has 3 aromatic rings. The molecule has 0 spiro atoms. The lowest BCUT2D eigenvalue weighted by molar-refractivity contribution is -0.120. The largest absolute Gasteiger partial charge is 0.492 e. The minimum Gasteiger partial charge on any atom is -0.492 e. The van der Waals surface area contributed by atoms with Crippen LogP contribution in [0.2, 0.25) is 0 Å². The highest BCUT2D eigenvalue weighted by Gasteiger charge is 2.41. The maximum atomic E-state index is 13.7. The average Bonchev–Trinajstić information content (AvgIpc) is 3.02. The first-order valence-corrected chi connectivity index (χ1v) is 10.7. The highest BCUT2D eigenvalue weighted by atomic mass is 16.5. The van der Waals surface area contributed by atoms with Gasteiger partial charge in [-0.25, -0.2) is 4.90 Å². The van der Waals surface area contributed by atoms with Gasteiger partial charge < -0.3 is 10.1 Å². The summed E-state index contributed by atoms with van der Waals surface area (Å²) in [7, 11) is 0. The van der Waals surface area contributed by atoms with Crippen LogP contribution in [0.25, 0.3) is 5.57 Å². The van der Waals surface area contributed by atoms with Crippen LogP contribution >= 0.6 is 0 Å². The normalized spacial score (nSPS) is 13.7. The molecule has 0 saturated carbocycles. The summed E-state index contributed by atoms with van der Waals surface area (Å²) in [5.41, 5.74) is 5.78. The van der Waals surface area contributed by atoms with Gasteiger partial charge in [-0.05, 0) is 68.7 Å². The number of carbonyl (C=O) groups excluding carboxylic acids is 2. The lowest BCUT2D eigenvalue weighted by atomic mass is 9.99. The molecule has 0 bridgehead atoms. The predicted molar refractivity (Wildman–Crippen MR) is 128 cm³/mol. The number of nitrogens with one attached hydrogen (secondary N) is 1. The maximum Gasteiger partial charge on any atom is 0.282 e. The molecule has 0 fully saturated rings. The highest BCUT2D eigenvalue weighted by Crippen LogP contribution is 2.38. The SMILES string of the molecule is CCOc1ccccc1N1C(=O)C(Nc2ccc(C)cc2)=C(c2ccc(C)c(C)c2)C1=O. The van der Waals surface area contributed by atoms with Crippen LogP contribution in [-0.4, -0.2) is 18.4 Å². The van der Waals surface area contributed by atoms with Gasteiger partial charge in [0.2, 0.25) is 0 Å². The van der Waals surface area contributed by atoms with E-state index in [9.17, 15) is 9.59 Å². The lowest BCUT2D eigenvalue weighted by Gasteiger charge is -2.19. The standard InChI is InChI=1S/C27H26N2O3/c1-5-32-23-9-7-6-8-22(23)29-26(30)24(20-13-12-18(3)19(4)16-20)25(27(29)31)28-21-14-10-17(2)11-15-21/h6-16,28H,5H2,1-4H3. The minimum absolute atomic E-state index is 0.258. The number of ether oxygens (including phenoxy) is 1. The molecule has 1 N–H and O–H groups in total. The van der Waals surface area contributed by atoms with Crippen molar-refractivity contribution in [3.05, 3.63) is 94.7 Å². The monoisotopic (exact) mass is 426 g/mol. The van der Waals surface area contributed by atoms with E-state index in [-0.39, 0.29) is 11.6 Å². The van der Waals surface area contributed by atoms with Gasteiger partial charge in [0, 0.05) is 5.69 Å². The Hall–Kier alpha value is -3.86. The van der Waals surface area contributed by atoms with Crippen LogP contribution in [0, 0.1) is 20.8 Å². The predicted octanol–water partition coefficient (Wildman–Crippen LogP) is 5.41. The van der Waals surface area contributed by atoms with Crippen LogP contribution in [0.4, 0.5) is 11.4 Å². The summed E-state index contributed by atoms with van der Waals surface area (Å²) in [5.74, 6) is -0.288. The molecule has 1 heterocycles. The molecule has 0 radical (unpaired) electrons. The molecule has 0 atom stereocenters. The quantitative estimate of drug-likeness (QED) is 0.536. The summed E-state index contributed by atoms with van der Waals surface area (Å²) >= 11 is 0. The topological polar surface area (TPSA) is 58.6 Å². The summed E-state index contributed by atoms with van der Waals surface area (Å²) in [5, 5.41) is 3.21. The van der Waals surface area contributed by atoms with Gasteiger partial charge in [-0.2, -0.15) is 0 Å². The maximum absolute atomic E-state index is 13.7. The second-order valence-corrected chi connectivity index (χ2v) is 7.89. The molecule has 5 heteroatoms. The first-order valence-electron chi connectivity index (χ1n) is 10.7. The van der Waals surface area contributed by atoms with Crippen molar-refractivity contribution in [1.82, 2.24) is 0 Å². The third-order valence-corrected chi connectivity index (χ3v) is 5.61. The number of para-hydroxylation sites is 2. The van der Waals surface area contributed by atoms with Gasteiger partial charge in [0.1, 0.15) is 11.4 Å². The van der Waals surface area contributed by atoms with Gasteiger partial charge in [0.25, 0.3) is 11.8 Å². The van der Waals surface area contributed by atoms with Crippen LogP contribution in [0.1, 0.15) is 29.2 Å². The number of hydrogen-bond acceptors (Lipinski definition) is 4. The van der Waals surface area contributed by atoms with Crippen molar-refractivity contribution in [1.29, 1.82) is 0 Å². The zero-order chi connectivity index (χ0) is 22.8. The van der Waals surface area contributed by atoms with E-state index in [1.54, 1.807) is 18.2 Å². The molecular weight excluding hydrogens is 400 g/mol. The van der Waals surface area contributed by atoms with Crippen molar-refractivity contribution in [2.24, 2.45) is 0 Å².